The van der Waals surface area contributed by atoms with Crippen LogP contribution in [0.2, 0.25) is 0 Å². The fourth-order valence-electron chi connectivity index (χ4n) is 2.25. The highest BCUT2D eigenvalue weighted by molar-refractivity contribution is 5.32. The summed E-state index contributed by atoms with van der Waals surface area (Å²) in [7, 11) is 0. The van der Waals surface area contributed by atoms with Crippen LogP contribution in [0.3, 0.4) is 0 Å². The molecule has 1 aromatic heterocycles. The van der Waals surface area contributed by atoms with Crippen LogP contribution in [-0.4, -0.2) is 27.9 Å². The summed E-state index contributed by atoms with van der Waals surface area (Å²) in [6.45, 7) is 6.32. The molecule has 0 aliphatic heterocycles. The maximum atomic E-state index is 5.94. The molecular weight excluding hydrogens is 238 g/mol. The Morgan fingerprint density at radius 3 is 2.53 bits per heavy atom. The van der Waals surface area contributed by atoms with E-state index in [1.807, 2.05) is 25.1 Å². The molecule has 0 saturated carbocycles. The molecule has 1 aromatic carbocycles. The number of nitrogens with one attached hydrogen (secondary N) is 1. The summed E-state index contributed by atoms with van der Waals surface area (Å²) >= 11 is 0. The molecule has 0 spiro atoms. The van der Waals surface area contributed by atoms with Gasteiger partial charge in [0.25, 0.3) is 0 Å². The third-order valence-electron chi connectivity index (χ3n) is 3.18. The predicted molar refractivity (Wildman–Crippen MR) is 77.2 cm³/mol. The molecule has 1 atom stereocenters. The lowest BCUT2D eigenvalue weighted by molar-refractivity contribution is 0.650. The number of rotatable bonds is 6. The lowest BCUT2D eigenvalue weighted by Gasteiger charge is -2.16. The molecule has 102 valence electrons. The molecule has 5 nitrogen and oxygen atoms in total. The van der Waals surface area contributed by atoms with Crippen LogP contribution in [0.25, 0.3) is 0 Å². The first-order valence-electron chi connectivity index (χ1n) is 6.73. The molecule has 2 rings (SSSR count). The third-order valence-corrected chi connectivity index (χ3v) is 3.18. The van der Waals surface area contributed by atoms with Gasteiger partial charge in [-0.3, -0.25) is 4.57 Å². The molecule has 0 bridgehead atoms. The first-order valence-corrected chi connectivity index (χ1v) is 6.73. The van der Waals surface area contributed by atoms with E-state index in [1.165, 1.54) is 5.56 Å². The van der Waals surface area contributed by atoms with Gasteiger partial charge in [0, 0.05) is 19.6 Å². The van der Waals surface area contributed by atoms with Crippen molar-refractivity contribution < 1.29 is 0 Å². The van der Waals surface area contributed by atoms with Gasteiger partial charge in [-0.1, -0.05) is 30.3 Å². The molecule has 0 fully saturated rings. The second kappa shape index (κ2) is 6.33. The van der Waals surface area contributed by atoms with Crippen molar-refractivity contribution in [2.45, 2.75) is 26.3 Å². The van der Waals surface area contributed by atoms with Crippen molar-refractivity contribution in [3.8, 4) is 0 Å². The molecule has 1 heterocycles. The van der Waals surface area contributed by atoms with Crippen LogP contribution in [0.4, 0.5) is 5.95 Å². The summed E-state index contributed by atoms with van der Waals surface area (Å²) in [6, 6.07) is 10.2. The average molecular weight is 259 g/mol. The Kier molecular flexibility index (Phi) is 4.52. The molecule has 1 unspecified atom stereocenters. The molecule has 0 saturated heterocycles. The summed E-state index contributed by atoms with van der Waals surface area (Å²) < 4.78 is 2.09. The van der Waals surface area contributed by atoms with Crippen LogP contribution < -0.4 is 11.1 Å². The van der Waals surface area contributed by atoms with Gasteiger partial charge in [-0.05, 0) is 19.4 Å². The summed E-state index contributed by atoms with van der Waals surface area (Å²) in [5.74, 6) is 1.82. The van der Waals surface area contributed by atoms with Gasteiger partial charge in [0.1, 0.15) is 5.82 Å². The Hall–Kier alpha value is -1.88. The Labute approximate surface area is 113 Å². The van der Waals surface area contributed by atoms with E-state index in [1.54, 1.807) is 0 Å². The lowest BCUT2D eigenvalue weighted by Crippen LogP contribution is -2.19. The summed E-state index contributed by atoms with van der Waals surface area (Å²) in [4.78, 5) is 0. The molecule has 0 radical (unpaired) electrons. The molecule has 3 N–H and O–H groups in total. The van der Waals surface area contributed by atoms with Crippen molar-refractivity contribution >= 4 is 5.95 Å². The zero-order chi connectivity index (χ0) is 13.7. The first kappa shape index (κ1) is 13.5. The number of anilines is 1. The molecule has 5 heteroatoms. The maximum absolute atomic E-state index is 5.94. The van der Waals surface area contributed by atoms with E-state index >= 15 is 0 Å². The molecule has 0 amide bonds. The van der Waals surface area contributed by atoms with E-state index in [4.69, 9.17) is 5.73 Å². The van der Waals surface area contributed by atoms with E-state index in [-0.39, 0.29) is 5.92 Å². The smallest absolute Gasteiger partial charge is 0.224 e. The standard InChI is InChI=1S/C14H21N5/c1-3-16-14-18-17-13(19(14)4-2)12(10-15)11-8-6-5-7-9-11/h5-9,12H,3-4,10,15H2,1-2H3,(H,16,18). The zero-order valence-electron chi connectivity index (χ0n) is 11.5. The van der Waals surface area contributed by atoms with Gasteiger partial charge in [-0.25, -0.2) is 0 Å². The van der Waals surface area contributed by atoms with Crippen molar-refractivity contribution in [1.29, 1.82) is 0 Å². The minimum atomic E-state index is 0.0843. The van der Waals surface area contributed by atoms with Crippen molar-refractivity contribution in [2.75, 3.05) is 18.4 Å². The fraction of sp³-hybridized carbons (Fsp3) is 0.429. The number of nitrogens with zero attached hydrogens (tertiary/aromatic N) is 3. The van der Waals surface area contributed by atoms with E-state index < -0.39 is 0 Å². The van der Waals surface area contributed by atoms with Crippen molar-refractivity contribution in [3.63, 3.8) is 0 Å². The van der Waals surface area contributed by atoms with Crippen LogP contribution in [0.1, 0.15) is 31.2 Å². The minimum absolute atomic E-state index is 0.0843. The van der Waals surface area contributed by atoms with Crippen molar-refractivity contribution in [2.24, 2.45) is 5.73 Å². The minimum Gasteiger partial charge on any atom is -0.355 e. The molecule has 19 heavy (non-hydrogen) atoms. The maximum Gasteiger partial charge on any atom is 0.224 e. The highest BCUT2D eigenvalue weighted by Gasteiger charge is 2.20. The summed E-state index contributed by atoms with van der Waals surface area (Å²) in [5, 5.41) is 11.8. The predicted octanol–water partition coefficient (Wildman–Crippen LogP) is 1.82. The second-order valence-corrected chi connectivity index (χ2v) is 4.36. The van der Waals surface area contributed by atoms with Gasteiger partial charge in [-0.15, -0.1) is 10.2 Å². The van der Waals surface area contributed by atoms with Gasteiger partial charge in [-0.2, -0.15) is 0 Å². The molecule has 0 aliphatic carbocycles. The van der Waals surface area contributed by atoms with Crippen LogP contribution in [0.5, 0.6) is 0 Å². The van der Waals surface area contributed by atoms with Gasteiger partial charge < -0.3 is 11.1 Å². The quantitative estimate of drug-likeness (QED) is 0.830. The van der Waals surface area contributed by atoms with Crippen LogP contribution >= 0.6 is 0 Å². The number of aromatic nitrogens is 3. The lowest BCUT2D eigenvalue weighted by atomic mass is 9.98. The molecule has 0 aliphatic rings. The third kappa shape index (κ3) is 2.76. The van der Waals surface area contributed by atoms with E-state index in [2.05, 4.69) is 39.1 Å². The Morgan fingerprint density at radius 2 is 1.95 bits per heavy atom. The van der Waals surface area contributed by atoms with Gasteiger partial charge in [0.05, 0.1) is 5.92 Å². The second-order valence-electron chi connectivity index (χ2n) is 4.36. The Bertz CT molecular complexity index is 506. The van der Waals surface area contributed by atoms with Crippen LogP contribution in [0.15, 0.2) is 30.3 Å². The molecule has 2 aromatic rings. The molecular formula is C14H21N5. The number of hydrogen-bond acceptors (Lipinski definition) is 4. The van der Waals surface area contributed by atoms with Gasteiger partial charge in [0.15, 0.2) is 0 Å². The fourth-order valence-corrected chi connectivity index (χ4v) is 2.25. The average Bonchev–Trinajstić information content (AvgIpc) is 2.84. The highest BCUT2D eigenvalue weighted by Crippen LogP contribution is 2.23. The number of benzene rings is 1. The SMILES string of the molecule is CCNc1nnc(C(CN)c2ccccc2)n1CC. The largest absolute Gasteiger partial charge is 0.355 e. The van der Waals surface area contributed by atoms with E-state index in [0.29, 0.717) is 6.54 Å². The van der Waals surface area contributed by atoms with Crippen LogP contribution in [0, 0.1) is 0 Å². The normalized spacial score (nSPS) is 12.4. The number of hydrogen-bond donors (Lipinski definition) is 2. The topological polar surface area (TPSA) is 68.8 Å². The van der Waals surface area contributed by atoms with Crippen molar-refractivity contribution in [1.82, 2.24) is 14.8 Å². The van der Waals surface area contributed by atoms with Crippen LogP contribution in [-0.2, 0) is 6.54 Å². The monoisotopic (exact) mass is 259 g/mol. The Balaban J connectivity index is 2.38. The van der Waals surface area contributed by atoms with E-state index in [0.717, 1.165) is 24.9 Å². The van der Waals surface area contributed by atoms with Gasteiger partial charge in [0.2, 0.25) is 5.95 Å². The Morgan fingerprint density at radius 1 is 1.21 bits per heavy atom. The summed E-state index contributed by atoms with van der Waals surface area (Å²) in [6.07, 6.45) is 0. The van der Waals surface area contributed by atoms with E-state index in [9.17, 15) is 0 Å². The highest BCUT2D eigenvalue weighted by atomic mass is 15.3. The van der Waals surface area contributed by atoms with Crippen molar-refractivity contribution in [3.05, 3.63) is 41.7 Å². The number of nitrogens with two attached hydrogens (primary N) is 1. The zero-order valence-corrected chi connectivity index (χ0v) is 11.5. The summed E-state index contributed by atoms with van der Waals surface area (Å²) in [5.41, 5.74) is 7.12. The van der Waals surface area contributed by atoms with Gasteiger partial charge >= 0.3 is 0 Å². The first-order chi connectivity index (χ1) is 9.31.